The van der Waals surface area contributed by atoms with Crippen LogP contribution in [0.2, 0.25) is 12.6 Å². The predicted molar refractivity (Wildman–Crippen MR) is 124 cm³/mol. The molecule has 0 saturated carbocycles. The third kappa shape index (κ3) is 17.0. The van der Waals surface area contributed by atoms with Crippen molar-refractivity contribution in [2.75, 3.05) is 0 Å². The van der Waals surface area contributed by atoms with Gasteiger partial charge in [0, 0.05) is 0 Å². The lowest BCUT2D eigenvalue weighted by Gasteiger charge is -2.24. The Morgan fingerprint density at radius 3 is 1.19 bits per heavy atom. The maximum atomic E-state index is 12.4. The molecule has 182 valence electrons. The molecule has 19 heteroatoms. The van der Waals surface area contributed by atoms with Crippen LogP contribution in [0.15, 0.2) is 0 Å². The van der Waals surface area contributed by atoms with Crippen molar-refractivity contribution in [1.82, 2.24) is 0 Å². The summed E-state index contributed by atoms with van der Waals surface area (Å²) < 4.78 is 68.3. The van der Waals surface area contributed by atoms with Crippen LogP contribution in [0.3, 0.4) is 0 Å². The number of hydrogen-bond acceptors (Lipinski definition) is 8. The smallest absolute Gasteiger partial charge is 0.332 e. The maximum absolute atomic E-state index is 12.4. The molecule has 0 heterocycles. The average Bonchev–Trinajstić information content (AvgIpc) is 2.44. The van der Waals surface area contributed by atoms with E-state index in [4.69, 9.17) is 18.1 Å². The van der Waals surface area contributed by atoms with Gasteiger partial charge >= 0.3 is 6.72 Å². The summed E-state index contributed by atoms with van der Waals surface area (Å²) >= 11 is 0. The second-order valence-corrected chi connectivity index (χ2v) is 15.9. The van der Waals surface area contributed by atoms with E-state index in [9.17, 15) is 37.8 Å². The van der Waals surface area contributed by atoms with Gasteiger partial charge in [-0.05, 0) is 54.2 Å². The highest BCUT2D eigenvalue weighted by Crippen LogP contribution is 2.58. The van der Waals surface area contributed by atoms with Crippen molar-refractivity contribution in [2.45, 2.75) is 78.6 Å². The van der Waals surface area contributed by atoms with E-state index in [2.05, 4.69) is 0 Å². The summed E-state index contributed by atoms with van der Waals surface area (Å²) in [5.41, 5.74) is 0. The second-order valence-electron chi connectivity index (χ2n) is 7.91. The summed E-state index contributed by atoms with van der Waals surface area (Å²) in [6, 6.07) is 0. The Kier molecular flexibility index (Phi) is 13.4. The van der Waals surface area contributed by atoms with E-state index >= 15 is 0 Å². The topological polar surface area (TPSA) is 186 Å². The zero-order chi connectivity index (χ0) is 24.7. The van der Waals surface area contributed by atoms with Gasteiger partial charge in [-0.3, -0.25) is 18.3 Å². The lowest BCUT2D eigenvalue weighted by atomic mass is 9.87. The largest absolute Gasteiger partial charge is 0.410 e. The molecular weight excluding hydrogens is 492 g/mol. The lowest BCUT2D eigenvalue weighted by Crippen LogP contribution is -2.20. The SMILES string of the molecule is CC(C)OP(=O)(O)BCC(CBP(=O)(O)OC(C)C)OP(=O)(O)BP(=O)(O)OC(C)C. The molecule has 31 heavy (non-hydrogen) atoms. The Bertz CT molecular complexity index is 714. The van der Waals surface area contributed by atoms with Crippen molar-refractivity contribution in [3.8, 4) is 0 Å². The Morgan fingerprint density at radius 1 is 0.581 bits per heavy atom. The summed E-state index contributed by atoms with van der Waals surface area (Å²) in [5, 5.41) is 0. The van der Waals surface area contributed by atoms with Crippen LogP contribution in [0, 0.1) is 0 Å². The Labute approximate surface area is 185 Å². The fourth-order valence-electron chi connectivity index (χ4n) is 2.48. The van der Waals surface area contributed by atoms with E-state index in [0.717, 1.165) is 0 Å². The van der Waals surface area contributed by atoms with Crippen molar-refractivity contribution in [1.29, 1.82) is 0 Å². The molecule has 4 atom stereocenters. The summed E-state index contributed by atoms with van der Waals surface area (Å²) in [5.74, 6) is 0. The van der Waals surface area contributed by atoms with E-state index in [1.165, 1.54) is 13.8 Å². The molecule has 4 unspecified atom stereocenters. The van der Waals surface area contributed by atoms with Crippen molar-refractivity contribution in [2.24, 2.45) is 0 Å². The molecule has 0 aliphatic rings. The zero-order valence-electron chi connectivity index (χ0n) is 18.7. The molecule has 0 fully saturated rings. The monoisotopic (exact) mass is 526 g/mol. The highest BCUT2D eigenvalue weighted by atomic mass is 31.2. The van der Waals surface area contributed by atoms with E-state index in [1.54, 1.807) is 27.7 Å². The third-order valence-corrected chi connectivity index (χ3v) is 10.7. The van der Waals surface area contributed by atoms with Crippen LogP contribution in [-0.2, 0) is 36.4 Å². The standard InChI is InChI=1S/C12H33B3O12P4/c1-9(2)24-28(16,17)13-7-12(8-14-29(18,19)25-10(3)4)27-31(22,23)15-30(20,21)26-11(5)6/h9-15H,7-8H2,1-6H3,(H,16,17)(H,18,19)(H,20,21)(H,22,23). The van der Waals surface area contributed by atoms with E-state index in [1.807, 2.05) is 0 Å². The first-order valence-corrected chi connectivity index (χ1v) is 16.8. The minimum Gasteiger partial charge on any atom is -0.332 e. The second kappa shape index (κ2) is 13.0. The minimum atomic E-state index is -4.71. The van der Waals surface area contributed by atoms with Crippen molar-refractivity contribution < 1.29 is 55.9 Å². The lowest BCUT2D eigenvalue weighted by molar-refractivity contribution is 0.204. The van der Waals surface area contributed by atoms with Gasteiger partial charge in [-0.15, -0.1) is 0 Å². The highest BCUT2D eigenvalue weighted by Gasteiger charge is 2.40. The molecule has 0 aliphatic carbocycles. The van der Waals surface area contributed by atoms with Crippen molar-refractivity contribution in [3.63, 3.8) is 0 Å². The number of rotatable bonds is 16. The fraction of sp³-hybridized carbons (Fsp3) is 1.00. The van der Waals surface area contributed by atoms with Gasteiger partial charge in [-0.2, -0.15) is 0 Å². The molecule has 0 saturated heterocycles. The summed E-state index contributed by atoms with van der Waals surface area (Å²) in [7, 11) is -17.3. The van der Waals surface area contributed by atoms with Gasteiger partial charge in [-0.1, -0.05) is 0 Å². The van der Waals surface area contributed by atoms with Crippen LogP contribution in [0.1, 0.15) is 41.5 Å². The van der Waals surface area contributed by atoms with Crippen LogP contribution >= 0.6 is 29.9 Å². The molecule has 0 aromatic rings. The van der Waals surface area contributed by atoms with E-state index in [0.29, 0.717) is 0 Å². The zero-order valence-corrected chi connectivity index (χ0v) is 22.3. The van der Waals surface area contributed by atoms with Gasteiger partial charge in [0.2, 0.25) is 0 Å². The van der Waals surface area contributed by atoms with Gasteiger partial charge in [-0.25, -0.2) is 0 Å². The Balaban J connectivity index is 5.36. The van der Waals surface area contributed by atoms with Crippen LogP contribution in [0.5, 0.6) is 0 Å². The van der Waals surface area contributed by atoms with E-state index in [-0.39, 0.29) is 12.6 Å². The van der Waals surface area contributed by atoms with Crippen LogP contribution in [0.4, 0.5) is 0 Å². The first-order chi connectivity index (χ1) is 13.7. The van der Waals surface area contributed by atoms with Crippen molar-refractivity contribution >= 4 is 50.6 Å². The molecule has 12 nitrogen and oxygen atoms in total. The van der Waals surface area contributed by atoms with Gasteiger partial charge in [0.25, 0.3) is 43.9 Å². The summed E-state index contributed by atoms with van der Waals surface area (Å²) in [6.07, 6.45) is -3.62. The molecule has 0 amide bonds. The highest BCUT2D eigenvalue weighted by molar-refractivity contribution is 8.12. The molecular formula is C12H33B3O12P4. The van der Waals surface area contributed by atoms with Gasteiger partial charge in [0.15, 0.2) is 0 Å². The first-order valence-electron chi connectivity index (χ1n) is 9.75. The predicted octanol–water partition coefficient (Wildman–Crippen LogP) is 2.19. The Hall–Kier alpha value is 0.795. The Morgan fingerprint density at radius 2 is 0.871 bits per heavy atom. The van der Waals surface area contributed by atoms with Crippen LogP contribution in [0.25, 0.3) is 0 Å². The number of hydrogen-bond donors (Lipinski definition) is 4. The minimum absolute atomic E-state index is 0.284. The molecule has 0 aliphatic heterocycles. The first kappa shape index (κ1) is 31.8. The molecule has 0 aromatic carbocycles. The maximum Gasteiger partial charge on any atom is 0.410 e. The quantitative estimate of drug-likeness (QED) is 0.170. The molecule has 0 rings (SSSR count). The molecule has 0 spiro atoms. The fourth-order valence-corrected chi connectivity index (χ4v) is 8.92. The van der Waals surface area contributed by atoms with Crippen LogP contribution < -0.4 is 0 Å². The average molecular weight is 526 g/mol. The molecule has 0 aromatic heterocycles. The van der Waals surface area contributed by atoms with Crippen molar-refractivity contribution in [3.05, 3.63) is 0 Å². The van der Waals surface area contributed by atoms with Gasteiger partial charge in [0.1, 0.15) is 0 Å². The van der Waals surface area contributed by atoms with Crippen LogP contribution in [-0.4, -0.2) is 64.7 Å². The van der Waals surface area contributed by atoms with Gasteiger partial charge < -0.3 is 37.7 Å². The third-order valence-electron chi connectivity index (χ3n) is 3.27. The molecule has 4 N–H and O–H groups in total. The summed E-state index contributed by atoms with van der Waals surface area (Å²) in [6.45, 7) is 7.02. The van der Waals surface area contributed by atoms with Gasteiger partial charge in [0.05, 0.1) is 24.4 Å². The molecule has 0 bridgehead atoms. The van der Waals surface area contributed by atoms with E-state index < -0.39 is 75.0 Å². The summed E-state index contributed by atoms with van der Waals surface area (Å²) in [4.78, 5) is 39.6. The molecule has 0 radical (unpaired) electrons. The normalized spacial score (nSPS) is 21.1.